The van der Waals surface area contributed by atoms with E-state index in [1.165, 1.54) is 6.20 Å². The number of methoxy groups -OCH3 is 1. The van der Waals surface area contributed by atoms with Crippen LogP contribution in [0.3, 0.4) is 0 Å². The van der Waals surface area contributed by atoms with Crippen molar-refractivity contribution in [3.8, 4) is 11.3 Å². The van der Waals surface area contributed by atoms with Crippen LogP contribution in [0.2, 0.25) is 0 Å². The highest BCUT2D eigenvalue weighted by atomic mass is 19.1. The largest absolute Gasteiger partial charge is 0.464 e. The Bertz CT molecular complexity index is 605. The summed E-state index contributed by atoms with van der Waals surface area (Å²) in [5, 5.41) is 0. The van der Waals surface area contributed by atoms with Crippen LogP contribution in [0.5, 0.6) is 0 Å². The molecule has 18 heavy (non-hydrogen) atoms. The fraction of sp³-hybridized carbons (Fsp3) is 0.0909. The first-order chi connectivity index (χ1) is 8.63. The maximum atomic E-state index is 14.0. The number of aromatic nitrogens is 3. The lowest BCUT2D eigenvalue weighted by molar-refractivity contribution is 0.0588. The van der Waals surface area contributed by atoms with Gasteiger partial charge in [0.15, 0.2) is 11.5 Å². The van der Waals surface area contributed by atoms with Crippen LogP contribution >= 0.6 is 0 Å². The minimum Gasteiger partial charge on any atom is -0.464 e. The molecule has 0 saturated carbocycles. The Labute approximate surface area is 100 Å². The highest BCUT2D eigenvalue weighted by Gasteiger charge is 2.19. The molecule has 0 aliphatic carbocycles. The van der Waals surface area contributed by atoms with Crippen LogP contribution in [0.4, 0.5) is 8.78 Å². The topological polar surface area (TPSA) is 65.0 Å². The number of rotatable bonds is 2. The minimum absolute atomic E-state index is 0.111. The highest BCUT2D eigenvalue weighted by Crippen LogP contribution is 2.21. The van der Waals surface area contributed by atoms with E-state index in [0.717, 1.165) is 25.7 Å². The molecule has 0 atom stereocenters. The average molecular weight is 251 g/mol. The molecular weight excluding hydrogens is 244 g/mol. The fourth-order valence-corrected chi connectivity index (χ4v) is 1.35. The minimum atomic E-state index is -0.975. The van der Waals surface area contributed by atoms with Crippen molar-refractivity contribution in [2.24, 2.45) is 0 Å². The van der Waals surface area contributed by atoms with Gasteiger partial charge in [-0.3, -0.25) is 4.98 Å². The molecule has 0 aliphatic rings. The zero-order chi connectivity index (χ0) is 13.1. The van der Waals surface area contributed by atoms with Gasteiger partial charge in [0.2, 0.25) is 0 Å². The highest BCUT2D eigenvalue weighted by molar-refractivity contribution is 5.88. The van der Waals surface area contributed by atoms with Gasteiger partial charge >= 0.3 is 5.97 Å². The van der Waals surface area contributed by atoms with Crippen LogP contribution in [0, 0.1) is 11.6 Å². The Hall–Kier alpha value is -2.44. The maximum absolute atomic E-state index is 14.0. The number of pyridine rings is 1. The molecule has 2 aromatic heterocycles. The first-order valence-electron chi connectivity index (χ1n) is 4.83. The van der Waals surface area contributed by atoms with Gasteiger partial charge in [0, 0.05) is 11.8 Å². The summed E-state index contributed by atoms with van der Waals surface area (Å²) in [4.78, 5) is 22.0. The average Bonchev–Trinajstić information content (AvgIpc) is 2.38. The molecule has 0 saturated heterocycles. The molecule has 0 radical (unpaired) electrons. The van der Waals surface area contributed by atoms with Gasteiger partial charge in [-0.2, -0.15) is 0 Å². The number of hydrogen-bond acceptors (Lipinski definition) is 5. The normalized spacial score (nSPS) is 10.2. The number of carbonyl (C=O) groups excluding carboxylic acids is 1. The Balaban J connectivity index is 2.56. The lowest BCUT2D eigenvalue weighted by Crippen LogP contribution is -2.09. The van der Waals surface area contributed by atoms with Gasteiger partial charge in [0.25, 0.3) is 0 Å². The SMILES string of the molecule is COC(=O)c1ncnc(-c2cncc(F)c2)c1F. The second kappa shape index (κ2) is 4.82. The number of halogens is 2. The lowest BCUT2D eigenvalue weighted by Gasteiger charge is -2.04. The van der Waals surface area contributed by atoms with E-state index in [9.17, 15) is 13.6 Å². The zero-order valence-corrected chi connectivity index (χ0v) is 9.22. The summed E-state index contributed by atoms with van der Waals surface area (Å²) >= 11 is 0. The van der Waals surface area contributed by atoms with Crippen molar-refractivity contribution < 1.29 is 18.3 Å². The summed E-state index contributed by atoms with van der Waals surface area (Å²) in [7, 11) is 1.10. The number of esters is 1. The van der Waals surface area contributed by atoms with E-state index < -0.39 is 23.3 Å². The molecule has 0 amide bonds. The van der Waals surface area contributed by atoms with Crippen LogP contribution in [-0.4, -0.2) is 28.0 Å². The summed E-state index contributed by atoms with van der Waals surface area (Å²) in [5.74, 6) is -2.54. The van der Waals surface area contributed by atoms with Crippen LogP contribution in [0.1, 0.15) is 10.5 Å². The molecule has 0 bridgehead atoms. The van der Waals surface area contributed by atoms with Crippen LogP contribution in [-0.2, 0) is 4.74 Å². The van der Waals surface area contributed by atoms with Crippen LogP contribution in [0.25, 0.3) is 11.3 Å². The molecule has 5 nitrogen and oxygen atoms in total. The Morgan fingerprint density at radius 1 is 1.28 bits per heavy atom. The first-order valence-corrected chi connectivity index (χ1v) is 4.83. The Morgan fingerprint density at radius 2 is 2.06 bits per heavy atom. The lowest BCUT2D eigenvalue weighted by atomic mass is 10.1. The molecule has 2 rings (SSSR count). The zero-order valence-electron chi connectivity index (χ0n) is 9.22. The molecule has 0 spiro atoms. The molecule has 7 heteroatoms. The fourth-order valence-electron chi connectivity index (χ4n) is 1.35. The molecule has 0 N–H and O–H groups in total. The predicted molar refractivity (Wildman–Crippen MR) is 56.5 cm³/mol. The summed E-state index contributed by atoms with van der Waals surface area (Å²) in [5.41, 5.74) is -0.607. The molecule has 2 heterocycles. The maximum Gasteiger partial charge on any atom is 0.359 e. The third-order valence-electron chi connectivity index (χ3n) is 2.15. The number of nitrogens with zero attached hydrogens (tertiary/aromatic N) is 3. The summed E-state index contributed by atoms with van der Waals surface area (Å²) in [6, 6.07) is 1.06. The Morgan fingerprint density at radius 3 is 2.72 bits per heavy atom. The van der Waals surface area contributed by atoms with Crippen LogP contribution in [0.15, 0.2) is 24.8 Å². The second-order valence-electron chi connectivity index (χ2n) is 3.27. The third kappa shape index (κ3) is 2.15. The van der Waals surface area contributed by atoms with Gasteiger partial charge in [-0.25, -0.2) is 23.5 Å². The van der Waals surface area contributed by atoms with Gasteiger partial charge in [-0.1, -0.05) is 0 Å². The monoisotopic (exact) mass is 251 g/mol. The van der Waals surface area contributed by atoms with Crippen molar-refractivity contribution in [3.63, 3.8) is 0 Å². The first kappa shape index (κ1) is 12.0. The summed E-state index contributed by atoms with van der Waals surface area (Å²) in [6.45, 7) is 0. The second-order valence-corrected chi connectivity index (χ2v) is 3.27. The van der Waals surface area contributed by atoms with Gasteiger partial charge in [-0.05, 0) is 6.07 Å². The van der Waals surface area contributed by atoms with Crippen molar-refractivity contribution in [2.75, 3.05) is 7.11 Å². The molecule has 92 valence electrons. The van der Waals surface area contributed by atoms with E-state index in [0.29, 0.717) is 0 Å². The van der Waals surface area contributed by atoms with E-state index in [4.69, 9.17) is 0 Å². The van der Waals surface area contributed by atoms with E-state index in [2.05, 4.69) is 19.7 Å². The van der Waals surface area contributed by atoms with Crippen molar-refractivity contribution in [2.45, 2.75) is 0 Å². The van der Waals surface area contributed by atoms with E-state index >= 15 is 0 Å². The summed E-state index contributed by atoms with van der Waals surface area (Å²) in [6.07, 6.45) is 3.20. The Kier molecular flexibility index (Phi) is 3.22. The standard InChI is InChI=1S/C11H7F2N3O2/c1-18-11(17)10-8(13)9(15-5-16-10)6-2-7(12)4-14-3-6/h2-5H,1H3. The van der Waals surface area contributed by atoms with E-state index in [1.807, 2.05) is 0 Å². The van der Waals surface area contributed by atoms with E-state index in [1.54, 1.807) is 0 Å². The molecular formula is C11H7F2N3O2. The van der Waals surface area contributed by atoms with Gasteiger partial charge < -0.3 is 4.74 Å². The number of hydrogen-bond donors (Lipinski definition) is 0. The third-order valence-corrected chi connectivity index (χ3v) is 2.15. The molecule has 0 aromatic carbocycles. The molecule has 0 unspecified atom stereocenters. The van der Waals surface area contributed by atoms with Crippen molar-refractivity contribution in [1.82, 2.24) is 15.0 Å². The number of ether oxygens (including phenoxy) is 1. The summed E-state index contributed by atoms with van der Waals surface area (Å²) < 4.78 is 31.3. The van der Waals surface area contributed by atoms with Gasteiger partial charge in [0.05, 0.1) is 13.3 Å². The molecule has 0 aliphatic heterocycles. The molecule has 2 aromatic rings. The smallest absolute Gasteiger partial charge is 0.359 e. The van der Waals surface area contributed by atoms with Crippen molar-refractivity contribution >= 4 is 5.97 Å². The predicted octanol–water partition coefficient (Wildman–Crippen LogP) is 1.60. The van der Waals surface area contributed by atoms with Gasteiger partial charge in [-0.15, -0.1) is 0 Å². The van der Waals surface area contributed by atoms with Crippen molar-refractivity contribution in [3.05, 3.63) is 42.1 Å². The van der Waals surface area contributed by atoms with Crippen LogP contribution < -0.4 is 0 Å². The van der Waals surface area contributed by atoms with Gasteiger partial charge in [0.1, 0.15) is 17.8 Å². The quantitative estimate of drug-likeness (QED) is 0.758. The number of carbonyl (C=O) groups is 1. The van der Waals surface area contributed by atoms with E-state index in [-0.39, 0.29) is 11.3 Å². The molecule has 0 fully saturated rings. The van der Waals surface area contributed by atoms with Crippen molar-refractivity contribution in [1.29, 1.82) is 0 Å².